The minimum Gasteiger partial charge on any atom is -0.499 e. The first-order chi connectivity index (χ1) is 28.3. The van der Waals surface area contributed by atoms with E-state index in [1.165, 1.54) is 38.7 Å². The zero-order valence-electron chi connectivity index (χ0n) is 36.2. The molecule has 0 N–H and O–H groups in total. The standard InChI is InChI=1S/C38H34N3O.C15H18NSi.Ir/c1-22(2)30-20-27(26-13-8-7-9-14-26)21-31(23(3)4)35(30)41-34-18-11-10-17-33(34)40-38(41)29-16-12-15-28-32-19-24(5)39-25(6)36(32)42-37(28)29;1-12-5-7-13(8-6-12)15-10-9-14(11-16-15)17(2,3)4;/h7-15,17-23H,1-6H3;5-7,9-11H,1-4H3;/q2*-1;. The number of pyridine rings is 2. The van der Waals surface area contributed by atoms with Crippen LogP contribution in [0.2, 0.25) is 19.6 Å². The van der Waals surface area contributed by atoms with Gasteiger partial charge >= 0.3 is 0 Å². The van der Waals surface area contributed by atoms with Crippen LogP contribution in [0.5, 0.6) is 0 Å². The zero-order chi connectivity index (χ0) is 41.6. The van der Waals surface area contributed by atoms with Crippen molar-refractivity contribution < 1.29 is 24.5 Å². The molecule has 0 spiro atoms. The maximum absolute atomic E-state index is 6.60. The minimum absolute atomic E-state index is 0. The van der Waals surface area contributed by atoms with Gasteiger partial charge in [0.2, 0.25) is 0 Å². The summed E-state index contributed by atoms with van der Waals surface area (Å²) in [5.74, 6) is 1.41. The molecule has 0 saturated heterocycles. The summed E-state index contributed by atoms with van der Waals surface area (Å²) in [6.45, 7) is 22.2. The van der Waals surface area contributed by atoms with E-state index in [4.69, 9.17) is 9.40 Å². The molecule has 0 aliphatic rings. The normalized spacial score (nSPS) is 11.7. The Bertz CT molecular complexity index is 2910. The first kappa shape index (κ1) is 42.7. The summed E-state index contributed by atoms with van der Waals surface area (Å²) in [5.41, 5.74) is 15.9. The average Bonchev–Trinajstić information content (AvgIpc) is 3.80. The molecule has 60 heavy (non-hydrogen) atoms. The van der Waals surface area contributed by atoms with Crippen molar-refractivity contribution >= 4 is 46.2 Å². The summed E-state index contributed by atoms with van der Waals surface area (Å²) in [6, 6.07) is 47.3. The van der Waals surface area contributed by atoms with Crippen LogP contribution in [0.3, 0.4) is 0 Å². The van der Waals surface area contributed by atoms with Crippen molar-refractivity contribution in [3.05, 3.63) is 162 Å². The third-order valence-electron chi connectivity index (χ3n) is 11.1. The van der Waals surface area contributed by atoms with Crippen molar-refractivity contribution in [2.75, 3.05) is 0 Å². The van der Waals surface area contributed by atoms with Gasteiger partial charge in [-0.05, 0) is 89.1 Å². The number of aromatic nitrogens is 4. The van der Waals surface area contributed by atoms with E-state index >= 15 is 0 Å². The largest absolute Gasteiger partial charge is 0.499 e. The van der Waals surface area contributed by atoms with Gasteiger partial charge in [0.05, 0.1) is 36.2 Å². The van der Waals surface area contributed by atoms with Crippen molar-refractivity contribution in [1.82, 2.24) is 19.5 Å². The molecule has 305 valence electrons. The Hall–Kier alpha value is -5.46. The molecule has 4 aromatic heterocycles. The molecule has 0 bridgehead atoms. The van der Waals surface area contributed by atoms with E-state index in [9.17, 15) is 0 Å². The van der Waals surface area contributed by atoms with E-state index in [2.05, 4.69) is 184 Å². The number of furan rings is 1. The Balaban J connectivity index is 0.000000255. The second-order valence-electron chi connectivity index (χ2n) is 17.3. The van der Waals surface area contributed by atoms with Gasteiger partial charge in [0.15, 0.2) is 0 Å². The number of nitrogens with zero attached hydrogens (tertiary/aromatic N) is 4. The van der Waals surface area contributed by atoms with Crippen molar-refractivity contribution in [3.63, 3.8) is 0 Å². The van der Waals surface area contributed by atoms with Gasteiger partial charge in [0.1, 0.15) is 5.58 Å². The van der Waals surface area contributed by atoms with Gasteiger partial charge in [-0.1, -0.05) is 120 Å². The molecule has 9 rings (SSSR count). The van der Waals surface area contributed by atoms with E-state index in [0.717, 1.165) is 67.0 Å². The number of fused-ring (bicyclic) bond motifs is 4. The summed E-state index contributed by atoms with van der Waals surface area (Å²) in [4.78, 5) is 14.5. The minimum atomic E-state index is -1.24. The molecule has 0 amide bonds. The van der Waals surface area contributed by atoms with Gasteiger partial charge in [-0.15, -0.1) is 53.6 Å². The summed E-state index contributed by atoms with van der Waals surface area (Å²) >= 11 is 0. The van der Waals surface area contributed by atoms with Crippen LogP contribution >= 0.6 is 0 Å². The van der Waals surface area contributed by atoms with Crippen molar-refractivity contribution in [3.8, 4) is 39.5 Å². The second kappa shape index (κ2) is 17.3. The number of para-hydroxylation sites is 2. The average molecular weight is 981 g/mol. The number of imidazole rings is 1. The molecule has 7 heteroatoms. The fraction of sp³-hybridized carbons (Fsp3) is 0.226. The first-order valence-corrected chi connectivity index (χ1v) is 24.2. The Morgan fingerprint density at radius 1 is 0.683 bits per heavy atom. The molecule has 0 fully saturated rings. The Labute approximate surface area is 369 Å². The van der Waals surface area contributed by atoms with Gasteiger partial charge < -0.3 is 14.0 Å². The van der Waals surface area contributed by atoms with Gasteiger partial charge in [0.25, 0.3) is 0 Å². The summed E-state index contributed by atoms with van der Waals surface area (Å²) < 4.78 is 8.95. The van der Waals surface area contributed by atoms with Crippen LogP contribution in [0.25, 0.3) is 72.4 Å². The molecule has 1 radical (unpaired) electrons. The topological polar surface area (TPSA) is 56.7 Å². The van der Waals surface area contributed by atoms with E-state index < -0.39 is 8.07 Å². The van der Waals surface area contributed by atoms with Crippen molar-refractivity contribution in [2.24, 2.45) is 0 Å². The van der Waals surface area contributed by atoms with E-state index in [1.807, 2.05) is 32.2 Å². The summed E-state index contributed by atoms with van der Waals surface area (Å²) in [6.07, 6.45) is 2.02. The van der Waals surface area contributed by atoms with E-state index in [-0.39, 0.29) is 31.9 Å². The van der Waals surface area contributed by atoms with E-state index in [1.54, 1.807) is 0 Å². The van der Waals surface area contributed by atoms with Crippen LogP contribution in [0.1, 0.15) is 67.6 Å². The number of hydrogen-bond donors (Lipinski definition) is 0. The van der Waals surface area contributed by atoms with Gasteiger partial charge in [-0.3, -0.25) is 9.97 Å². The van der Waals surface area contributed by atoms with Gasteiger partial charge in [-0.2, -0.15) is 0 Å². The molecule has 0 unspecified atom stereocenters. The van der Waals surface area contributed by atoms with Crippen molar-refractivity contribution in [2.45, 2.75) is 79.9 Å². The Kier molecular flexibility index (Phi) is 12.3. The van der Waals surface area contributed by atoms with Crippen LogP contribution in [0.15, 0.2) is 126 Å². The SMILES string of the molecule is Cc1c[c-]c(-c2ccc([Si](C)(C)C)cn2)cc1.Cc1cc2c(oc3c(-c4nc5ccccc5n4-c4c(C(C)C)cc(-c5ccccc5)cc4C(C)C)[c-]ccc32)c(C)n1.[Ir]. The predicted octanol–water partition coefficient (Wildman–Crippen LogP) is 13.7. The van der Waals surface area contributed by atoms with Crippen LogP contribution in [0, 0.1) is 32.9 Å². The molecule has 9 aromatic rings. The van der Waals surface area contributed by atoms with Crippen LogP contribution in [-0.2, 0) is 20.1 Å². The summed E-state index contributed by atoms with van der Waals surface area (Å²) in [7, 11) is -1.24. The fourth-order valence-electron chi connectivity index (χ4n) is 7.91. The second-order valence-corrected chi connectivity index (χ2v) is 22.4. The molecule has 5 aromatic carbocycles. The maximum atomic E-state index is 6.60. The Morgan fingerprint density at radius 3 is 2.02 bits per heavy atom. The van der Waals surface area contributed by atoms with Crippen LogP contribution in [0.4, 0.5) is 0 Å². The molecular weight excluding hydrogens is 929 g/mol. The maximum Gasteiger partial charge on any atom is 0.142 e. The van der Waals surface area contributed by atoms with Gasteiger partial charge in [-0.25, -0.2) is 0 Å². The quantitative estimate of drug-likeness (QED) is 0.118. The predicted molar refractivity (Wildman–Crippen MR) is 250 cm³/mol. The third kappa shape index (κ3) is 8.32. The fourth-order valence-corrected chi connectivity index (χ4v) is 8.95. The zero-order valence-corrected chi connectivity index (χ0v) is 39.6. The molecule has 0 aliphatic carbocycles. The number of aryl methyl sites for hydroxylation is 3. The number of benzene rings is 5. The number of hydrogen-bond acceptors (Lipinski definition) is 4. The Morgan fingerprint density at radius 2 is 1.38 bits per heavy atom. The van der Waals surface area contributed by atoms with Gasteiger partial charge in [0, 0.05) is 43.1 Å². The third-order valence-corrected chi connectivity index (χ3v) is 13.1. The molecule has 0 atom stereocenters. The van der Waals surface area contributed by atoms with Crippen molar-refractivity contribution in [1.29, 1.82) is 0 Å². The molecular formula is C53H52IrN4OSi-2. The molecule has 4 heterocycles. The summed E-state index contributed by atoms with van der Waals surface area (Å²) in [5, 5.41) is 3.53. The molecule has 0 aliphatic heterocycles. The van der Waals surface area contributed by atoms with E-state index in [0.29, 0.717) is 0 Å². The molecule has 5 nitrogen and oxygen atoms in total. The monoisotopic (exact) mass is 981 g/mol. The van der Waals surface area contributed by atoms with Crippen LogP contribution in [-0.4, -0.2) is 27.6 Å². The molecule has 0 saturated carbocycles. The smallest absolute Gasteiger partial charge is 0.142 e. The number of rotatable bonds is 7. The first-order valence-electron chi connectivity index (χ1n) is 20.7. The van der Waals surface area contributed by atoms with Crippen LogP contribution < -0.4 is 5.19 Å².